The Morgan fingerprint density at radius 3 is 2.14 bits per heavy atom. The lowest BCUT2D eigenvalue weighted by Gasteiger charge is -2.54. The van der Waals surface area contributed by atoms with E-state index in [1.165, 1.54) is 6.42 Å². The third-order valence-electron chi connectivity index (χ3n) is 5.37. The molecule has 1 saturated heterocycles. The molecule has 0 atom stereocenters. The molecular weight excluding hydrogens is 264 g/mol. The number of carbonyl (C=O) groups excluding carboxylic acids is 2. The van der Waals surface area contributed by atoms with E-state index < -0.39 is 11.1 Å². The van der Waals surface area contributed by atoms with Gasteiger partial charge in [-0.25, -0.2) is 0 Å². The van der Waals surface area contributed by atoms with Gasteiger partial charge in [-0.2, -0.15) is 0 Å². The van der Waals surface area contributed by atoms with Crippen LogP contribution >= 0.6 is 0 Å². The monoisotopic (exact) mass is 294 g/mol. The molecule has 2 aliphatic rings. The fourth-order valence-electron chi connectivity index (χ4n) is 4.03. The van der Waals surface area contributed by atoms with Crippen molar-refractivity contribution in [2.75, 3.05) is 6.54 Å². The minimum atomic E-state index is -0.649. The molecule has 4 nitrogen and oxygen atoms in total. The highest BCUT2D eigenvalue weighted by Gasteiger charge is 2.56. The van der Waals surface area contributed by atoms with Gasteiger partial charge in [-0.05, 0) is 31.6 Å². The molecular formula is C17H30N2O2. The smallest absolute Gasteiger partial charge is 0.249 e. The van der Waals surface area contributed by atoms with Gasteiger partial charge < -0.3 is 10.2 Å². The standard InChI is InChI=1S/C17H30N2O2/c1-5-17(6-2)14(20)18-16(10-8-7-9-11-16)15(21)19(17)12-13(3)4/h13H,5-12H2,1-4H3,(H,18,20). The van der Waals surface area contributed by atoms with Gasteiger partial charge in [0.1, 0.15) is 11.1 Å². The van der Waals surface area contributed by atoms with Crippen molar-refractivity contribution in [1.29, 1.82) is 0 Å². The zero-order chi connectivity index (χ0) is 15.7. The van der Waals surface area contributed by atoms with Gasteiger partial charge in [-0.15, -0.1) is 0 Å². The third-order valence-corrected chi connectivity index (χ3v) is 5.37. The average molecular weight is 294 g/mol. The molecule has 120 valence electrons. The Morgan fingerprint density at radius 1 is 1.10 bits per heavy atom. The van der Waals surface area contributed by atoms with Crippen LogP contribution in [0.1, 0.15) is 72.6 Å². The third kappa shape index (κ3) is 2.58. The second-order valence-corrected chi connectivity index (χ2v) is 7.15. The lowest BCUT2D eigenvalue weighted by molar-refractivity contribution is -0.166. The van der Waals surface area contributed by atoms with Crippen LogP contribution in [-0.2, 0) is 9.59 Å². The van der Waals surface area contributed by atoms with Gasteiger partial charge in [-0.1, -0.05) is 47.0 Å². The number of amides is 2. The van der Waals surface area contributed by atoms with E-state index in [-0.39, 0.29) is 11.8 Å². The van der Waals surface area contributed by atoms with Crippen LogP contribution in [0.5, 0.6) is 0 Å². The number of piperazine rings is 1. The van der Waals surface area contributed by atoms with Crippen LogP contribution in [0.15, 0.2) is 0 Å². The normalized spacial score (nSPS) is 24.5. The molecule has 1 N–H and O–H groups in total. The van der Waals surface area contributed by atoms with E-state index in [4.69, 9.17) is 0 Å². The summed E-state index contributed by atoms with van der Waals surface area (Å²) in [6.07, 6.45) is 6.21. The highest BCUT2D eigenvalue weighted by Crippen LogP contribution is 2.39. The zero-order valence-electron chi connectivity index (χ0n) is 14.0. The number of nitrogens with one attached hydrogen (secondary N) is 1. The Bertz CT molecular complexity index is 407. The van der Waals surface area contributed by atoms with E-state index in [9.17, 15) is 9.59 Å². The summed E-state index contributed by atoms with van der Waals surface area (Å²) in [4.78, 5) is 28.0. The SMILES string of the molecule is CCC1(CC)C(=O)NC2(CCCCC2)C(=O)N1CC(C)C. The van der Waals surface area contributed by atoms with Crippen molar-refractivity contribution in [1.82, 2.24) is 10.2 Å². The van der Waals surface area contributed by atoms with Crippen LogP contribution in [0.4, 0.5) is 0 Å². The summed E-state index contributed by atoms with van der Waals surface area (Å²) in [5.74, 6) is 0.604. The fourth-order valence-corrected chi connectivity index (χ4v) is 4.03. The summed E-state index contributed by atoms with van der Waals surface area (Å²) < 4.78 is 0. The van der Waals surface area contributed by atoms with Gasteiger partial charge in [0.05, 0.1) is 0 Å². The summed E-state index contributed by atoms with van der Waals surface area (Å²) in [7, 11) is 0. The van der Waals surface area contributed by atoms with Crippen LogP contribution in [-0.4, -0.2) is 34.3 Å². The molecule has 2 fully saturated rings. The van der Waals surface area contributed by atoms with E-state index >= 15 is 0 Å². The van der Waals surface area contributed by atoms with Crippen molar-refractivity contribution in [2.24, 2.45) is 5.92 Å². The minimum Gasteiger partial charge on any atom is -0.340 e. The molecule has 0 aromatic rings. The molecule has 0 radical (unpaired) electrons. The Hall–Kier alpha value is -1.06. The van der Waals surface area contributed by atoms with E-state index in [2.05, 4.69) is 19.2 Å². The topological polar surface area (TPSA) is 49.4 Å². The number of carbonyl (C=O) groups is 2. The summed E-state index contributed by atoms with van der Waals surface area (Å²) >= 11 is 0. The van der Waals surface area contributed by atoms with Crippen molar-refractivity contribution in [2.45, 2.75) is 83.7 Å². The van der Waals surface area contributed by atoms with Gasteiger partial charge >= 0.3 is 0 Å². The molecule has 1 aliphatic carbocycles. The summed E-state index contributed by atoms with van der Waals surface area (Å²) in [6, 6.07) is 0. The lowest BCUT2D eigenvalue weighted by Crippen LogP contribution is -2.76. The Kier molecular flexibility index (Phi) is 4.64. The fraction of sp³-hybridized carbons (Fsp3) is 0.882. The molecule has 0 aromatic heterocycles. The second kappa shape index (κ2) is 5.98. The quantitative estimate of drug-likeness (QED) is 0.866. The number of hydrogen-bond donors (Lipinski definition) is 1. The van der Waals surface area contributed by atoms with Crippen molar-refractivity contribution < 1.29 is 9.59 Å². The molecule has 0 bridgehead atoms. The minimum absolute atomic E-state index is 0.0645. The number of rotatable bonds is 4. The molecule has 1 saturated carbocycles. The van der Waals surface area contributed by atoms with E-state index in [1.54, 1.807) is 0 Å². The van der Waals surface area contributed by atoms with Crippen LogP contribution < -0.4 is 5.32 Å². The maximum absolute atomic E-state index is 13.2. The molecule has 1 heterocycles. The van der Waals surface area contributed by atoms with Crippen molar-refractivity contribution >= 4 is 11.8 Å². The van der Waals surface area contributed by atoms with Gasteiger partial charge in [0.25, 0.3) is 0 Å². The predicted molar refractivity (Wildman–Crippen MR) is 83.8 cm³/mol. The maximum Gasteiger partial charge on any atom is 0.249 e. The lowest BCUT2D eigenvalue weighted by atomic mass is 9.74. The van der Waals surface area contributed by atoms with Crippen molar-refractivity contribution in [3.05, 3.63) is 0 Å². The molecule has 1 aliphatic heterocycles. The first-order valence-corrected chi connectivity index (χ1v) is 8.56. The van der Waals surface area contributed by atoms with Gasteiger partial charge in [-0.3, -0.25) is 9.59 Å². The highest BCUT2D eigenvalue weighted by molar-refractivity contribution is 6.02. The number of nitrogens with zero attached hydrogens (tertiary/aromatic N) is 1. The molecule has 21 heavy (non-hydrogen) atoms. The average Bonchev–Trinajstić information content (AvgIpc) is 2.46. The van der Waals surface area contributed by atoms with Gasteiger partial charge in [0.15, 0.2) is 0 Å². The molecule has 2 rings (SSSR count). The molecule has 0 unspecified atom stereocenters. The van der Waals surface area contributed by atoms with E-state index in [1.807, 2.05) is 18.7 Å². The molecule has 1 spiro atoms. The second-order valence-electron chi connectivity index (χ2n) is 7.15. The van der Waals surface area contributed by atoms with E-state index in [0.717, 1.165) is 25.7 Å². The Balaban J connectivity index is 2.40. The highest BCUT2D eigenvalue weighted by atomic mass is 16.2. The largest absolute Gasteiger partial charge is 0.340 e. The van der Waals surface area contributed by atoms with Crippen molar-refractivity contribution in [3.8, 4) is 0 Å². The van der Waals surface area contributed by atoms with Crippen LogP contribution in [0.25, 0.3) is 0 Å². The zero-order valence-corrected chi connectivity index (χ0v) is 14.0. The maximum atomic E-state index is 13.2. The molecule has 0 aromatic carbocycles. The summed E-state index contributed by atoms with van der Waals surface area (Å²) in [5, 5.41) is 3.15. The van der Waals surface area contributed by atoms with E-state index in [0.29, 0.717) is 25.3 Å². The first-order valence-electron chi connectivity index (χ1n) is 8.56. The van der Waals surface area contributed by atoms with Gasteiger partial charge in [0, 0.05) is 6.54 Å². The first kappa shape index (κ1) is 16.3. The first-order chi connectivity index (χ1) is 9.92. The Morgan fingerprint density at radius 2 is 1.67 bits per heavy atom. The van der Waals surface area contributed by atoms with Crippen LogP contribution in [0.2, 0.25) is 0 Å². The van der Waals surface area contributed by atoms with Crippen LogP contribution in [0, 0.1) is 5.92 Å². The summed E-state index contributed by atoms with van der Waals surface area (Å²) in [6.45, 7) is 8.94. The van der Waals surface area contributed by atoms with Crippen molar-refractivity contribution in [3.63, 3.8) is 0 Å². The Labute approximate surface area is 128 Å². The number of hydrogen-bond acceptors (Lipinski definition) is 2. The molecule has 2 amide bonds. The van der Waals surface area contributed by atoms with Gasteiger partial charge in [0.2, 0.25) is 11.8 Å². The summed E-state index contributed by atoms with van der Waals surface area (Å²) in [5.41, 5.74) is -1.26. The van der Waals surface area contributed by atoms with Crippen LogP contribution in [0.3, 0.4) is 0 Å². The predicted octanol–water partition coefficient (Wildman–Crippen LogP) is 2.86. The molecule has 4 heteroatoms.